The zero-order chi connectivity index (χ0) is 11.7. The molecular formula is C12H13ClN2S. The topological polar surface area (TPSA) is 38.9 Å². The van der Waals surface area contributed by atoms with Crippen LogP contribution < -0.4 is 5.73 Å². The summed E-state index contributed by atoms with van der Waals surface area (Å²) < 4.78 is 0. The number of aromatic nitrogens is 1. The number of hydrogen-bond donors (Lipinski definition) is 1. The van der Waals surface area contributed by atoms with Gasteiger partial charge in [-0.05, 0) is 24.1 Å². The molecule has 0 saturated heterocycles. The lowest BCUT2D eigenvalue weighted by atomic mass is 10.1. The molecule has 0 amide bonds. The Morgan fingerprint density at radius 2 is 2.12 bits per heavy atom. The van der Waals surface area contributed by atoms with Gasteiger partial charge >= 0.3 is 0 Å². The summed E-state index contributed by atoms with van der Waals surface area (Å²) in [5.74, 6) is 0.435. The molecule has 1 heterocycles. The van der Waals surface area contributed by atoms with Crippen molar-refractivity contribution in [1.82, 2.24) is 4.98 Å². The summed E-state index contributed by atoms with van der Waals surface area (Å²) in [5.41, 5.74) is 8.47. The summed E-state index contributed by atoms with van der Waals surface area (Å²) in [5, 5.41) is 3.69. The summed E-state index contributed by atoms with van der Waals surface area (Å²) in [4.78, 5) is 4.56. The molecule has 2 aromatic rings. The van der Waals surface area contributed by atoms with E-state index in [1.54, 1.807) is 17.4 Å². The quantitative estimate of drug-likeness (QED) is 0.815. The van der Waals surface area contributed by atoms with Gasteiger partial charge in [0.2, 0.25) is 0 Å². The van der Waals surface area contributed by atoms with Crippen molar-refractivity contribution in [2.45, 2.75) is 19.8 Å². The third-order valence-electron chi connectivity index (χ3n) is 2.33. The zero-order valence-corrected chi connectivity index (χ0v) is 10.8. The second kappa shape index (κ2) is 4.44. The van der Waals surface area contributed by atoms with Gasteiger partial charge in [0.1, 0.15) is 5.01 Å². The Balaban J connectivity index is 2.46. The highest BCUT2D eigenvalue weighted by molar-refractivity contribution is 7.13. The van der Waals surface area contributed by atoms with Gasteiger partial charge in [-0.2, -0.15) is 0 Å². The van der Waals surface area contributed by atoms with Crippen LogP contribution in [0.2, 0.25) is 5.02 Å². The fourth-order valence-corrected chi connectivity index (χ4v) is 2.66. The number of rotatable bonds is 2. The van der Waals surface area contributed by atoms with Crippen LogP contribution in [0, 0.1) is 0 Å². The Morgan fingerprint density at radius 3 is 2.75 bits per heavy atom. The van der Waals surface area contributed by atoms with E-state index in [0.29, 0.717) is 16.6 Å². The van der Waals surface area contributed by atoms with Gasteiger partial charge in [-0.15, -0.1) is 11.3 Å². The molecule has 0 unspecified atom stereocenters. The molecule has 84 valence electrons. The molecule has 2 nitrogen and oxygen atoms in total. The maximum Gasteiger partial charge on any atom is 0.125 e. The third kappa shape index (κ3) is 2.20. The lowest BCUT2D eigenvalue weighted by molar-refractivity contribution is 0.834. The second-order valence-corrected chi connectivity index (χ2v) is 5.24. The molecule has 0 fully saturated rings. The molecule has 0 saturated carbocycles. The van der Waals surface area contributed by atoms with E-state index in [0.717, 1.165) is 16.3 Å². The minimum atomic E-state index is 0.435. The number of nitrogen functional groups attached to an aromatic ring is 1. The minimum Gasteiger partial charge on any atom is -0.399 e. The first-order valence-corrected chi connectivity index (χ1v) is 6.34. The van der Waals surface area contributed by atoms with E-state index < -0.39 is 0 Å². The Morgan fingerprint density at radius 1 is 1.38 bits per heavy atom. The van der Waals surface area contributed by atoms with Gasteiger partial charge in [0.05, 0.1) is 10.7 Å². The van der Waals surface area contributed by atoms with E-state index in [9.17, 15) is 0 Å². The van der Waals surface area contributed by atoms with Crippen LogP contribution in [-0.4, -0.2) is 4.98 Å². The average Bonchev–Trinajstić information content (AvgIpc) is 2.70. The first-order chi connectivity index (χ1) is 7.58. The van der Waals surface area contributed by atoms with Crippen LogP contribution >= 0.6 is 22.9 Å². The fraction of sp³-hybridized carbons (Fsp3) is 0.250. The van der Waals surface area contributed by atoms with Crippen LogP contribution in [0.25, 0.3) is 10.6 Å². The molecule has 0 spiro atoms. The monoisotopic (exact) mass is 252 g/mol. The Kier molecular flexibility index (Phi) is 3.17. The largest absolute Gasteiger partial charge is 0.399 e. The van der Waals surface area contributed by atoms with Crippen molar-refractivity contribution in [3.63, 3.8) is 0 Å². The minimum absolute atomic E-state index is 0.435. The van der Waals surface area contributed by atoms with Gasteiger partial charge in [0.15, 0.2) is 0 Å². The third-order valence-corrected chi connectivity index (χ3v) is 3.56. The standard InChI is InChI=1S/C12H13ClN2S/c1-7(2)11-6-16-12(15-11)9-5-8(14)3-4-10(9)13/h3-7H,14H2,1-2H3. The van der Waals surface area contributed by atoms with Crippen molar-refractivity contribution in [3.8, 4) is 10.6 Å². The number of anilines is 1. The van der Waals surface area contributed by atoms with E-state index in [2.05, 4.69) is 24.2 Å². The predicted molar refractivity (Wildman–Crippen MR) is 71.1 cm³/mol. The first kappa shape index (κ1) is 11.4. The summed E-state index contributed by atoms with van der Waals surface area (Å²) in [6.45, 7) is 4.25. The van der Waals surface area contributed by atoms with E-state index in [-0.39, 0.29) is 0 Å². The highest BCUT2D eigenvalue weighted by Crippen LogP contribution is 2.33. The molecule has 16 heavy (non-hydrogen) atoms. The summed E-state index contributed by atoms with van der Waals surface area (Å²) >= 11 is 7.73. The van der Waals surface area contributed by atoms with Crippen LogP contribution in [0.1, 0.15) is 25.5 Å². The van der Waals surface area contributed by atoms with Crippen molar-refractivity contribution < 1.29 is 0 Å². The number of hydrogen-bond acceptors (Lipinski definition) is 3. The van der Waals surface area contributed by atoms with E-state index in [1.807, 2.05) is 12.1 Å². The smallest absolute Gasteiger partial charge is 0.125 e. The molecule has 0 radical (unpaired) electrons. The van der Waals surface area contributed by atoms with Crippen molar-refractivity contribution in [1.29, 1.82) is 0 Å². The zero-order valence-electron chi connectivity index (χ0n) is 9.20. The molecule has 0 aliphatic rings. The number of thiazole rings is 1. The van der Waals surface area contributed by atoms with Gasteiger partial charge in [0, 0.05) is 16.6 Å². The maximum absolute atomic E-state index is 6.13. The van der Waals surface area contributed by atoms with Gasteiger partial charge in [-0.25, -0.2) is 4.98 Å². The Bertz CT molecular complexity index is 505. The second-order valence-electron chi connectivity index (χ2n) is 3.97. The lowest BCUT2D eigenvalue weighted by Gasteiger charge is -2.02. The summed E-state index contributed by atoms with van der Waals surface area (Å²) in [7, 11) is 0. The Hall–Kier alpha value is -1.06. The molecular weight excluding hydrogens is 240 g/mol. The molecule has 0 aliphatic carbocycles. The maximum atomic E-state index is 6.13. The van der Waals surface area contributed by atoms with Crippen LogP contribution in [0.5, 0.6) is 0 Å². The van der Waals surface area contributed by atoms with Gasteiger partial charge in [0.25, 0.3) is 0 Å². The van der Waals surface area contributed by atoms with E-state index >= 15 is 0 Å². The molecule has 0 atom stereocenters. The average molecular weight is 253 g/mol. The number of nitrogens with two attached hydrogens (primary N) is 1. The van der Waals surface area contributed by atoms with E-state index in [1.165, 1.54) is 0 Å². The SMILES string of the molecule is CC(C)c1csc(-c2cc(N)ccc2Cl)n1. The first-order valence-electron chi connectivity index (χ1n) is 5.08. The van der Waals surface area contributed by atoms with Gasteiger partial charge in [-0.3, -0.25) is 0 Å². The van der Waals surface area contributed by atoms with Crippen molar-refractivity contribution in [2.24, 2.45) is 0 Å². The van der Waals surface area contributed by atoms with Gasteiger partial charge < -0.3 is 5.73 Å². The molecule has 4 heteroatoms. The van der Waals surface area contributed by atoms with Crippen molar-refractivity contribution in [2.75, 3.05) is 5.73 Å². The predicted octanol–water partition coefficient (Wildman–Crippen LogP) is 4.17. The van der Waals surface area contributed by atoms with Gasteiger partial charge in [-0.1, -0.05) is 25.4 Å². The lowest BCUT2D eigenvalue weighted by Crippen LogP contribution is -1.89. The molecule has 0 aliphatic heterocycles. The fourth-order valence-electron chi connectivity index (χ4n) is 1.38. The van der Waals surface area contributed by atoms with Crippen LogP contribution in [0.15, 0.2) is 23.6 Å². The molecule has 2 N–H and O–H groups in total. The van der Waals surface area contributed by atoms with Crippen molar-refractivity contribution in [3.05, 3.63) is 34.3 Å². The van der Waals surface area contributed by atoms with Crippen LogP contribution in [0.3, 0.4) is 0 Å². The normalized spacial score (nSPS) is 11.0. The molecule has 1 aromatic carbocycles. The summed E-state index contributed by atoms with van der Waals surface area (Å²) in [6.07, 6.45) is 0. The van der Waals surface area contributed by atoms with Crippen molar-refractivity contribution >= 4 is 28.6 Å². The molecule has 1 aromatic heterocycles. The number of benzene rings is 1. The van der Waals surface area contributed by atoms with Crippen LogP contribution in [-0.2, 0) is 0 Å². The highest BCUT2D eigenvalue weighted by Gasteiger charge is 2.10. The summed E-state index contributed by atoms with van der Waals surface area (Å²) in [6, 6.07) is 5.47. The van der Waals surface area contributed by atoms with E-state index in [4.69, 9.17) is 17.3 Å². The number of halogens is 1. The highest BCUT2D eigenvalue weighted by atomic mass is 35.5. The Labute approximate surface area is 104 Å². The number of nitrogens with zero attached hydrogens (tertiary/aromatic N) is 1. The molecule has 0 bridgehead atoms. The van der Waals surface area contributed by atoms with Crippen LogP contribution in [0.4, 0.5) is 5.69 Å². The molecule has 2 rings (SSSR count).